The number of pyridine rings is 1. The lowest BCUT2D eigenvalue weighted by Gasteiger charge is -2.11. The molecule has 1 heterocycles. The van der Waals surface area contributed by atoms with Crippen LogP contribution in [0.4, 0.5) is 0 Å². The summed E-state index contributed by atoms with van der Waals surface area (Å²) in [6.07, 6.45) is 0. The highest BCUT2D eigenvalue weighted by Gasteiger charge is 2.21. The van der Waals surface area contributed by atoms with Crippen molar-refractivity contribution < 1.29 is 14.0 Å². The maximum atomic E-state index is 5.46. The smallest absolute Gasteiger partial charge is 0.219 e. The molecule has 0 fully saturated rings. The fraction of sp³-hybridized carbons (Fsp3) is 0.0690. The minimum absolute atomic E-state index is 0.867. The Labute approximate surface area is 186 Å². The van der Waals surface area contributed by atoms with Crippen molar-refractivity contribution in [1.29, 1.82) is 0 Å². The van der Waals surface area contributed by atoms with Gasteiger partial charge in [-0.25, -0.2) is 0 Å². The normalized spacial score (nSPS) is 11.4. The zero-order valence-electron chi connectivity index (χ0n) is 18.0. The lowest BCUT2D eigenvalue weighted by Crippen LogP contribution is -2.32. The zero-order valence-corrected chi connectivity index (χ0v) is 18.0. The van der Waals surface area contributed by atoms with Gasteiger partial charge < -0.3 is 9.47 Å². The van der Waals surface area contributed by atoms with Gasteiger partial charge in [0.2, 0.25) is 16.7 Å². The Bertz CT molecular complexity index is 1540. The van der Waals surface area contributed by atoms with Crippen molar-refractivity contribution in [1.82, 2.24) is 0 Å². The fourth-order valence-corrected chi connectivity index (χ4v) is 4.72. The van der Waals surface area contributed by atoms with E-state index >= 15 is 0 Å². The predicted molar refractivity (Wildman–Crippen MR) is 131 cm³/mol. The topological polar surface area (TPSA) is 22.3 Å². The van der Waals surface area contributed by atoms with E-state index in [0.29, 0.717) is 0 Å². The summed E-state index contributed by atoms with van der Waals surface area (Å²) in [5.41, 5.74) is 3.49. The second-order valence-corrected chi connectivity index (χ2v) is 7.99. The molecule has 0 unspecified atom stereocenters. The Morgan fingerprint density at radius 2 is 1.03 bits per heavy atom. The van der Waals surface area contributed by atoms with Crippen molar-refractivity contribution >= 4 is 43.4 Å². The first-order valence-electron chi connectivity index (χ1n) is 10.7. The van der Waals surface area contributed by atoms with E-state index in [1.807, 2.05) is 12.1 Å². The number of fused-ring (bicyclic) bond motifs is 6. The Kier molecular flexibility index (Phi) is 4.22. The van der Waals surface area contributed by atoms with Crippen molar-refractivity contribution in [3.8, 4) is 17.2 Å². The molecule has 6 rings (SSSR count). The lowest BCUT2D eigenvalue weighted by molar-refractivity contribution is -0.537. The molecule has 0 aliphatic carbocycles. The van der Waals surface area contributed by atoms with Gasteiger partial charge in [0.15, 0.2) is 0 Å². The minimum atomic E-state index is 0.867. The minimum Gasteiger partial charge on any atom is -0.497 e. The van der Waals surface area contributed by atoms with E-state index in [2.05, 4.69) is 89.5 Å². The van der Waals surface area contributed by atoms with Gasteiger partial charge in [0, 0.05) is 24.3 Å². The molecule has 0 saturated carbocycles. The van der Waals surface area contributed by atoms with E-state index in [9.17, 15) is 0 Å². The quantitative estimate of drug-likeness (QED) is 0.184. The Hall–Kier alpha value is -4.11. The van der Waals surface area contributed by atoms with Crippen LogP contribution in [0.1, 0.15) is 0 Å². The van der Waals surface area contributed by atoms with Crippen LogP contribution in [-0.4, -0.2) is 14.2 Å². The molecule has 0 saturated heterocycles. The Morgan fingerprint density at radius 3 is 1.53 bits per heavy atom. The summed E-state index contributed by atoms with van der Waals surface area (Å²) in [7, 11) is 3.42. The van der Waals surface area contributed by atoms with Crippen molar-refractivity contribution in [2.75, 3.05) is 14.2 Å². The molecule has 0 aliphatic rings. The monoisotopic (exact) mass is 416 g/mol. The van der Waals surface area contributed by atoms with Crippen LogP contribution in [0.25, 0.3) is 49.0 Å². The number of methoxy groups -OCH3 is 2. The van der Waals surface area contributed by atoms with Gasteiger partial charge in [-0.3, -0.25) is 0 Å². The molecule has 6 aromatic rings. The summed E-state index contributed by atoms with van der Waals surface area (Å²) >= 11 is 0. The second-order valence-electron chi connectivity index (χ2n) is 7.99. The molecule has 1 aromatic heterocycles. The first-order chi connectivity index (χ1) is 15.8. The molecule has 0 atom stereocenters. The van der Waals surface area contributed by atoms with E-state index in [0.717, 1.165) is 28.0 Å². The van der Waals surface area contributed by atoms with Crippen molar-refractivity contribution in [3.05, 3.63) is 97.1 Å². The third-order valence-electron chi connectivity index (χ3n) is 6.28. The van der Waals surface area contributed by atoms with Crippen molar-refractivity contribution in [2.24, 2.45) is 0 Å². The third kappa shape index (κ3) is 2.78. The van der Waals surface area contributed by atoms with Crippen LogP contribution in [0.2, 0.25) is 0 Å². The standard InChI is InChI=1S/C29H22NO2/c1-31-22-10-12-24-19(16-22)8-14-28-26(24)18-27-25-13-11-23(32-2)17-20(25)9-15-29(27)30(28)21-6-4-3-5-7-21/h3-18H,1-2H3/q+1. The molecule has 3 heteroatoms. The number of rotatable bonds is 3. The molecule has 0 bridgehead atoms. The van der Waals surface area contributed by atoms with Crippen molar-refractivity contribution in [2.45, 2.75) is 0 Å². The number of aromatic nitrogens is 1. The molecule has 0 spiro atoms. The highest BCUT2D eigenvalue weighted by molar-refractivity contribution is 6.13. The first kappa shape index (κ1) is 18.6. The average molecular weight is 417 g/mol. The van der Waals surface area contributed by atoms with Gasteiger partial charge in [0.05, 0.1) is 25.0 Å². The van der Waals surface area contributed by atoms with Crippen LogP contribution in [0, 0.1) is 0 Å². The summed E-state index contributed by atoms with van der Waals surface area (Å²) in [5, 5.41) is 7.17. The van der Waals surface area contributed by atoms with Crippen LogP contribution in [0.5, 0.6) is 11.5 Å². The molecule has 5 aromatic carbocycles. The average Bonchev–Trinajstić information content (AvgIpc) is 2.86. The van der Waals surface area contributed by atoms with E-state index in [1.165, 1.54) is 32.6 Å². The highest BCUT2D eigenvalue weighted by atomic mass is 16.5. The van der Waals surface area contributed by atoms with Crippen LogP contribution < -0.4 is 14.0 Å². The molecular formula is C29H22NO2+. The molecule has 0 aliphatic heterocycles. The van der Waals surface area contributed by atoms with Gasteiger partial charge >= 0.3 is 0 Å². The molecule has 0 amide bonds. The maximum absolute atomic E-state index is 5.46. The number of nitrogens with zero attached hydrogens (tertiary/aromatic N) is 1. The van der Waals surface area contributed by atoms with Gasteiger partial charge in [-0.2, -0.15) is 4.57 Å². The third-order valence-corrected chi connectivity index (χ3v) is 6.28. The second kappa shape index (κ2) is 7.24. The molecule has 0 radical (unpaired) electrons. The van der Waals surface area contributed by atoms with Gasteiger partial charge in [0.25, 0.3) is 0 Å². The number of hydrogen-bond acceptors (Lipinski definition) is 2. The Balaban J connectivity index is 1.82. The number of benzene rings is 5. The summed E-state index contributed by atoms with van der Waals surface area (Å²) in [5.74, 6) is 1.73. The molecule has 154 valence electrons. The van der Waals surface area contributed by atoms with Gasteiger partial charge in [-0.15, -0.1) is 0 Å². The van der Waals surface area contributed by atoms with Crippen LogP contribution in [-0.2, 0) is 0 Å². The molecular weight excluding hydrogens is 394 g/mol. The van der Waals surface area contributed by atoms with Gasteiger partial charge in [0.1, 0.15) is 11.5 Å². The molecule has 0 N–H and O–H groups in total. The van der Waals surface area contributed by atoms with Crippen LogP contribution >= 0.6 is 0 Å². The fourth-order valence-electron chi connectivity index (χ4n) is 4.72. The van der Waals surface area contributed by atoms with E-state index in [1.54, 1.807) is 14.2 Å². The SMILES string of the molecule is COc1ccc2c(ccc3c2cc2c4ccc(OC)cc4ccc2[n+]3-c2ccccc2)c1. The van der Waals surface area contributed by atoms with Crippen molar-refractivity contribution in [3.63, 3.8) is 0 Å². The van der Waals surface area contributed by atoms with Gasteiger partial charge in [-0.1, -0.05) is 18.2 Å². The van der Waals surface area contributed by atoms with E-state index in [-0.39, 0.29) is 0 Å². The zero-order chi connectivity index (χ0) is 21.7. The molecule has 3 nitrogen and oxygen atoms in total. The predicted octanol–water partition coefficient (Wildman–Crippen LogP) is 6.59. The number of ether oxygens (including phenoxy) is 2. The summed E-state index contributed by atoms with van der Waals surface area (Å²) in [4.78, 5) is 0. The summed E-state index contributed by atoms with van der Waals surface area (Å²) in [6.45, 7) is 0. The summed E-state index contributed by atoms with van der Waals surface area (Å²) in [6, 6.07) is 34.2. The molecule has 32 heavy (non-hydrogen) atoms. The van der Waals surface area contributed by atoms with Crippen LogP contribution in [0.15, 0.2) is 97.1 Å². The number of hydrogen-bond donors (Lipinski definition) is 0. The lowest BCUT2D eigenvalue weighted by atomic mass is 9.99. The Morgan fingerprint density at radius 1 is 0.500 bits per heavy atom. The first-order valence-corrected chi connectivity index (χ1v) is 10.7. The van der Waals surface area contributed by atoms with E-state index in [4.69, 9.17) is 9.47 Å². The highest BCUT2D eigenvalue weighted by Crippen LogP contribution is 2.33. The van der Waals surface area contributed by atoms with Gasteiger partial charge in [-0.05, 0) is 76.1 Å². The van der Waals surface area contributed by atoms with Crippen LogP contribution in [0.3, 0.4) is 0 Å². The number of para-hydroxylation sites is 1. The maximum Gasteiger partial charge on any atom is 0.219 e. The van der Waals surface area contributed by atoms with E-state index < -0.39 is 0 Å². The summed E-state index contributed by atoms with van der Waals surface area (Å²) < 4.78 is 13.3. The largest absolute Gasteiger partial charge is 0.497 e.